The molecule has 25 heavy (non-hydrogen) atoms. The summed E-state index contributed by atoms with van der Waals surface area (Å²) < 4.78 is 5.94. The number of aryl methyl sites for hydroxylation is 2. The first kappa shape index (κ1) is 17.9. The topological polar surface area (TPSA) is 80.1 Å². The summed E-state index contributed by atoms with van der Waals surface area (Å²) in [7, 11) is 0. The molecule has 6 nitrogen and oxygen atoms in total. The number of unbranched alkanes of at least 4 members (excludes halogenated alkanes) is 1. The van der Waals surface area contributed by atoms with E-state index in [9.17, 15) is 0 Å². The van der Waals surface area contributed by atoms with Crippen molar-refractivity contribution >= 4 is 5.82 Å². The number of nitrogen functional groups attached to an aromatic ring is 1. The number of rotatable bonds is 8. The maximum absolute atomic E-state index is 5.94. The van der Waals surface area contributed by atoms with Gasteiger partial charge in [0.15, 0.2) is 0 Å². The van der Waals surface area contributed by atoms with Crippen LogP contribution in [0.25, 0.3) is 0 Å². The first-order chi connectivity index (χ1) is 12.2. The molecule has 3 heterocycles. The van der Waals surface area contributed by atoms with E-state index in [0.717, 1.165) is 51.3 Å². The number of nitrogens with zero attached hydrogens (tertiary/aromatic N) is 3. The van der Waals surface area contributed by atoms with Gasteiger partial charge in [-0.3, -0.25) is 4.90 Å². The van der Waals surface area contributed by atoms with E-state index in [1.165, 1.54) is 24.1 Å². The summed E-state index contributed by atoms with van der Waals surface area (Å²) in [5.74, 6) is 1.69. The lowest BCUT2D eigenvalue weighted by molar-refractivity contribution is -0.0348. The molecule has 3 N–H and O–H groups in total. The molecule has 1 saturated heterocycles. The molecule has 2 aromatic rings. The molecule has 0 saturated carbocycles. The van der Waals surface area contributed by atoms with Gasteiger partial charge in [0.2, 0.25) is 0 Å². The maximum atomic E-state index is 5.94. The Balaban J connectivity index is 1.46. The Morgan fingerprint density at radius 1 is 1.36 bits per heavy atom. The van der Waals surface area contributed by atoms with Crippen molar-refractivity contribution in [1.82, 2.24) is 19.9 Å². The van der Waals surface area contributed by atoms with E-state index < -0.39 is 0 Å². The van der Waals surface area contributed by atoms with Crippen molar-refractivity contribution in [2.75, 3.05) is 25.4 Å². The van der Waals surface area contributed by atoms with E-state index in [-0.39, 0.29) is 6.10 Å². The number of nitrogens with two attached hydrogens (primary N) is 1. The first-order valence-electron chi connectivity index (χ1n) is 9.30. The van der Waals surface area contributed by atoms with Gasteiger partial charge in [-0.05, 0) is 37.0 Å². The molecule has 1 aliphatic heterocycles. The molecule has 1 fully saturated rings. The number of nitrogens with one attached hydrogen (secondary N) is 1. The summed E-state index contributed by atoms with van der Waals surface area (Å²) in [6.07, 6.45) is 9.42. The number of aromatic nitrogens is 3. The monoisotopic (exact) mass is 343 g/mol. The fourth-order valence-corrected chi connectivity index (χ4v) is 3.27. The largest absolute Gasteiger partial charge is 0.384 e. The van der Waals surface area contributed by atoms with Crippen LogP contribution in [0.15, 0.2) is 24.5 Å². The number of imidazole rings is 1. The zero-order valence-electron chi connectivity index (χ0n) is 15.1. The molecule has 6 heteroatoms. The zero-order chi connectivity index (χ0) is 17.5. The minimum Gasteiger partial charge on any atom is -0.384 e. The van der Waals surface area contributed by atoms with Crippen molar-refractivity contribution in [2.24, 2.45) is 0 Å². The lowest BCUT2D eigenvalue weighted by atomic mass is 10.1. The summed E-state index contributed by atoms with van der Waals surface area (Å²) in [5, 5.41) is 0. The molecular weight excluding hydrogens is 314 g/mol. The molecule has 0 aliphatic carbocycles. The molecule has 136 valence electrons. The third kappa shape index (κ3) is 5.54. The van der Waals surface area contributed by atoms with Gasteiger partial charge in [-0.15, -0.1) is 0 Å². The second-order valence-electron chi connectivity index (χ2n) is 6.81. The fourth-order valence-electron chi connectivity index (χ4n) is 3.27. The van der Waals surface area contributed by atoms with Gasteiger partial charge in [0.1, 0.15) is 11.6 Å². The molecular formula is C19H29N5O. The summed E-state index contributed by atoms with van der Waals surface area (Å²) in [5.41, 5.74) is 8.17. The highest BCUT2D eigenvalue weighted by atomic mass is 16.5. The molecule has 2 aromatic heterocycles. The molecule has 1 atom stereocenters. The van der Waals surface area contributed by atoms with Gasteiger partial charge >= 0.3 is 0 Å². The van der Waals surface area contributed by atoms with Crippen molar-refractivity contribution in [3.05, 3.63) is 41.6 Å². The van der Waals surface area contributed by atoms with Crippen LogP contribution in [-0.4, -0.2) is 45.7 Å². The van der Waals surface area contributed by atoms with E-state index in [4.69, 9.17) is 10.5 Å². The average Bonchev–Trinajstić information content (AvgIpc) is 3.06. The average molecular weight is 343 g/mol. The molecule has 3 rings (SSSR count). The second-order valence-corrected chi connectivity index (χ2v) is 6.81. The summed E-state index contributed by atoms with van der Waals surface area (Å²) >= 11 is 0. The molecule has 0 amide bonds. The summed E-state index contributed by atoms with van der Waals surface area (Å²) in [4.78, 5) is 14.4. The quantitative estimate of drug-likeness (QED) is 0.770. The number of aromatic amines is 1. The third-order valence-electron chi connectivity index (χ3n) is 4.67. The van der Waals surface area contributed by atoms with Crippen LogP contribution in [0.2, 0.25) is 0 Å². The van der Waals surface area contributed by atoms with Gasteiger partial charge in [-0.2, -0.15) is 0 Å². The highest BCUT2D eigenvalue weighted by Crippen LogP contribution is 2.15. The van der Waals surface area contributed by atoms with Crippen molar-refractivity contribution in [3.8, 4) is 0 Å². The van der Waals surface area contributed by atoms with Crippen LogP contribution in [0.3, 0.4) is 0 Å². The van der Waals surface area contributed by atoms with E-state index >= 15 is 0 Å². The van der Waals surface area contributed by atoms with Crippen LogP contribution < -0.4 is 5.73 Å². The maximum Gasteiger partial charge on any atom is 0.123 e. The molecule has 0 bridgehead atoms. The van der Waals surface area contributed by atoms with E-state index in [0.29, 0.717) is 5.82 Å². The van der Waals surface area contributed by atoms with E-state index in [1.807, 2.05) is 18.3 Å². The Labute approximate surface area is 149 Å². The molecule has 1 aliphatic rings. The van der Waals surface area contributed by atoms with Crippen LogP contribution in [-0.2, 0) is 24.1 Å². The van der Waals surface area contributed by atoms with Gasteiger partial charge in [0.25, 0.3) is 0 Å². The highest BCUT2D eigenvalue weighted by Gasteiger charge is 2.21. The normalized spacial score (nSPS) is 18.5. The van der Waals surface area contributed by atoms with Gasteiger partial charge < -0.3 is 15.5 Å². The minimum atomic E-state index is 0.269. The lowest BCUT2D eigenvalue weighted by Crippen LogP contribution is -2.42. The van der Waals surface area contributed by atoms with Crippen molar-refractivity contribution in [3.63, 3.8) is 0 Å². The molecule has 0 aromatic carbocycles. The Morgan fingerprint density at radius 3 is 3.12 bits per heavy atom. The SMILES string of the molecule is CCCCc1ncc(CN2CCO[C@H](CCc3ccnc(N)c3)C2)[nH]1. The Kier molecular flexibility index (Phi) is 6.42. The highest BCUT2D eigenvalue weighted by molar-refractivity contribution is 5.31. The predicted octanol–water partition coefficient (Wildman–Crippen LogP) is 2.56. The van der Waals surface area contributed by atoms with Crippen LogP contribution in [0.5, 0.6) is 0 Å². The second kappa shape index (κ2) is 8.97. The zero-order valence-corrected chi connectivity index (χ0v) is 15.1. The van der Waals surface area contributed by atoms with Gasteiger partial charge in [-0.1, -0.05) is 13.3 Å². The summed E-state index contributed by atoms with van der Waals surface area (Å²) in [6.45, 7) is 5.85. The standard InChI is InChI=1S/C19H29N5O/c1-2-3-4-19-22-12-16(23-19)13-24-9-10-25-17(14-24)6-5-15-7-8-21-18(20)11-15/h7-8,11-12,17H,2-6,9-10,13-14H2,1H3,(H2,20,21)(H,22,23)/t17-/m1/s1. The van der Waals surface area contributed by atoms with Crippen molar-refractivity contribution in [1.29, 1.82) is 0 Å². The number of pyridine rings is 1. The van der Waals surface area contributed by atoms with Crippen molar-refractivity contribution < 1.29 is 4.74 Å². The van der Waals surface area contributed by atoms with Gasteiger partial charge in [0, 0.05) is 44.1 Å². The minimum absolute atomic E-state index is 0.269. The third-order valence-corrected chi connectivity index (χ3v) is 4.67. The van der Waals surface area contributed by atoms with Crippen LogP contribution in [0.4, 0.5) is 5.82 Å². The smallest absolute Gasteiger partial charge is 0.123 e. The summed E-state index contributed by atoms with van der Waals surface area (Å²) in [6, 6.07) is 3.97. The fraction of sp³-hybridized carbons (Fsp3) is 0.579. The molecule has 0 radical (unpaired) electrons. The number of hydrogen-bond acceptors (Lipinski definition) is 5. The lowest BCUT2D eigenvalue weighted by Gasteiger charge is -2.32. The van der Waals surface area contributed by atoms with E-state index in [2.05, 4.69) is 26.8 Å². The molecule has 0 unspecified atom stereocenters. The number of ether oxygens (including phenoxy) is 1. The Hall–Kier alpha value is -1.92. The number of hydrogen-bond donors (Lipinski definition) is 2. The number of anilines is 1. The first-order valence-corrected chi connectivity index (χ1v) is 9.30. The van der Waals surface area contributed by atoms with Crippen LogP contribution >= 0.6 is 0 Å². The predicted molar refractivity (Wildman–Crippen MR) is 99.2 cm³/mol. The Morgan fingerprint density at radius 2 is 2.28 bits per heavy atom. The Bertz CT molecular complexity index is 657. The van der Waals surface area contributed by atoms with Gasteiger partial charge in [-0.25, -0.2) is 9.97 Å². The molecule has 0 spiro atoms. The van der Waals surface area contributed by atoms with Gasteiger partial charge in [0.05, 0.1) is 12.7 Å². The van der Waals surface area contributed by atoms with Crippen molar-refractivity contribution in [2.45, 2.75) is 51.7 Å². The van der Waals surface area contributed by atoms with Crippen LogP contribution in [0, 0.1) is 0 Å². The number of H-pyrrole nitrogens is 1. The van der Waals surface area contributed by atoms with E-state index in [1.54, 1.807) is 6.20 Å². The van der Waals surface area contributed by atoms with Crippen LogP contribution in [0.1, 0.15) is 43.3 Å². The number of morpholine rings is 1.